The molecule has 0 bridgehead atoms. The number of carboxylic acid groups (broad SMARTS) is 1. The van der Waals surface area contributed by atoms with Crippen molar-refractivity contribution < 1.29 is 19.4 Å². The van der Waals surface area contributed by atoms with Gasteiger partial charge in [-0.25, -0.2) is 4.79 Å². The molecule has 5 nitrogen and oxygen atoms in total. The third-order valence-electron chi connectivity index (χ3n) is 4.80. The number of anilines is 2. The van der Waals surface area contributed by atoms with Crippen LogP contribution in [0.5, 0.6) is 5.75 Å². The Bertz CT molecular complexity index is 1050. The van der Waals surface area contributed by atoms with Gasteiger partial charge in [0.2, 0.25) is 5.76 Å². The molecule has 1 aliphatic heterocycles. The van der Waals surface area contributed by atoms with Crippen LogP contribution in [0.4, 0.5) is 11.4 Å². The first-order chi connectivity index (χ1) is 15.2. The second-order valence-corrected chi connectivity index (χ2v) is 7.94. The van der Waals surface area contributed by atoms with Crippen LogP contribution in [0.25, 0.3) is 6.08 Å². The van der Waals surface area contributed by atoms with Gasteiger partial charge in [0.05, 0.1) is 24.5 Å². The number of hydrogen-bond donors (Lipinski definition) is 1. The summed E-state index contributed by atoms with van der Waals surface area (Å²) in [6.07, 6.45) is 1.51. The van der Waals surface area contributed by atoms with Crippen LogP contribution >= 0.6 is 11.8 Å². The van der Waals surface area contributed by atoms with E-state index in [9.17, 15) is 9.90 Å². The zero-order chi connectivity index (χ0) is 21.6. The van der Waals surface area contributed by atoms with Crippen molar-refractivity contribution in [3.05, 3.63) is 84.1 Å². The third kappa shape index (κ3) is 4.86. The van der Waals surface area contributed by atoms with Crippen LogP contribution in [0.3, 0.4) is 0 Å². The van der Waals surface area contributed by atoms with Gasteiger partial charge < -0.3 is 19.5 Å². The van der Waals surface area contributed by atoms with E-state index in [4.69, 9.17) is 9.47 Å². The Kier molecular flexibility index (Phi) is 6.48. The van der Waals surface area contributed by atoms with E-state index in [1.165, 1.54) is 27.2 Å². The molecule has 6 heteroatoms. The molecule has 0 radical (unpaired) electrons. The predicted molar refractivity (Wildman–Crippen MR) is 123 cm³/mol. The summed E-state index contributed by atoms with van der Waals surface area (Å²) in [7, 11) is 0. The van der Waals surface area contributed by atoms with E-state index in [-0.39, 0.29) is 5.76 Å². The van der Waals surface area contributed by atoms with Crippen LogP contribution in [0.2, 0.25) is 0 Å². The van der Waals surface area contributed by atoms with Gasteiger partial charge in [-0.3, -0.25) is 0 Å². The van der Waals surface area contributed by atoms with Gasteiger partial charge in [0.15, 0.2) is 0 Å². The average molecular weight is 434 g/mol. The number of fused-ring (bicyclic) bond motifs is 2. The van der Waals surface area contributed by atoms with Crippen LogP contribution in [-0.2, 0) is 9.53 Å². The molecule has 0 fully saturated rings. The highest BCUT2D eigenvalue weighted by Gasteiger charge is 2.22. The van der Waals surface area contributed by atoms with Crippen molar-refractivity contribution in [1.82, 2.24) is 0 Å². The van der Waals surface area contributed by atoms with Crippen molar-refractivity contribution in [3.8, 4) is 5.75 Å². The second-order valence-electron chi connectivity index (χ2n) is 6.85. The molecule has 0 aromatic heterocycles. The van der Waals surface area contributed by atoms with Gasteiger partial charge in [0.25, 0.3) is 0 Å². The summed E-state index contributed by atoms with van der Waals surface area (Å²) < 4.78 is 11.1. The molecule has 1 heterocycles. The monoisotopic (exact) mass is 433 g/mol. The molecule has 0 saturated carbocycles. The summed E-state index contributed by atoms with van der Waals surface area (Å²) in [6, 6.07) is 24.1. The van der Waals surface area contributed by atoms with Crippen molar-refractivity contribution in [1.29, 1.82) is 0 Å². The first kappa shape index (κ1) is 20.9. The molecule has 1 N–H and O–H groups in total. The summed E-state index contributed by atoms with van der Waals surface area (Å²) >= 11 is 1.79. The van der Waals surface area contributed by atoms with Crippen molar-refractivity contribution in [3.63, 3.8) is 0 Å². The number of hydrogen-bond acceptors (Lipinski definition) is 5. The largest absolute Gasteiger partial charge is 0.492 e. The number of benzene rings is 3. The van der Waals surface area contributed by atoms with Gasteiger partial charge in [-0.15, -0.1) is 0 Å². The number of nitrogens with zero attached hydrogens (tertiary/aromatic N) is 1. The Hall–Kier alpha value is -3.38. The number of carboxylic acids is 1. The predicted octanol–water partition coefficient (Wildman–Crippen LogP) is 5.83. The Morgan fingerprint density at radius 3 is 2.16 bits per heavy atom. The minimum atomic E-state index is -1.08. The van der Waals surface area contributed by atoms with Crippen molar-refractivity contribution in [2.45, 2.75) is 16.7 Å². The third-order valence-corrected chi connectivity index (χ3v) is 5.93. The molecule has 1 aliphatic rings. The minimum absolute atomic E-state index is 0.0727. The number of para-hydroxylation sites is 2. The molecule has 0 spiro atoms. The highest BCUT2D eigenvalue weighted by atomic mass is 32.2. The lowest BCUT2D eigenvalue weighted by molar-refractivity contribution is -0.136. The summed E-state index contributed by atoms with van der Waals surface area (Å²) in [6.45, 7) is 3.29. The Morgan fingerprint density at radius 1 is 0.968 bits per heavy atom. The average Bonchev–Trinajstić information content (AvgIpc) is 2.79. The molecule has 0 unspecified atom stereocenters. The van der Waals surface area contributed by atoms with Gasteiger partial charge in [0.1, 0.15) is 12.4 Å². The highest BCUT2D eigenvalue weighted by molar-refractivity contribution is 7.99. The topological polar surface area (TPSA) is 59.0 Å². The Balaban J connectivity index is 1.43. The normalized spacial score (nSPS) is 12.7. The fraction of sp³-hybridized carbons (Fsp3) is 0.160. The summed E-state index contributed by atoms with van der Waals surface area (Å²) in [5.41, 5.74) is 3.12. The standard InChI is InChI=1S/C25H23NO4S/c1-2-29-22(25(27)28)17-18-11-13-19(14-12-18)30-16-15-26-20-7-3-5-9-23(20)31-24-10-6-4-8-21(24)26/h3-14,17H,2,15-16H2,1H3,(H,27,28)/b22-17-. The SMILES string of the molecule is CCO/C(=C\c1ccc(OCCN2c3ccccc3Sc3ccccc32)cc1)C(=O)O. The number of ether oxygens (including phenoxy) is 2. The van der Waals surface area contributed by atoms with Crippen LogP contribution in [0.15, 0.2) is 88.3 Å². The molecular formula is C25H23NO4S. The molecule has 3 aromatic rings. The van der Waals surface area contributed by atoms with E-state index >= 15 is 0 Å². The van der Waals surface area contributed by atoms with Crippen LogP contribution in [0.1, 0.15) is 12.5 Å². The summed E-state index contributed by atoms with van der Waals surface area (Å²) in [5, 5.41) is 9.18. The van der Waals surface area contributed by atoms with Gasteiger partial charge in [-0.1, -0.05) is 48.2 Å². The molecule has 4 rings (SSSR count). The zero-order valence-electron chi connectivity index (χ0n) is 17.2. The van der Waals surface area contributed by atoms with E-state index in [2.05, 4.69) is 53.4 Å². The van der Waals surface area contributed by atoms with Crippen molar-refractivity contribution in [2.24, 2.45) is 0 Å². The van der Waals surface area contributed by atoms with E-state index in [0.29, 0.717) is 19.8 Å². The molecule has 158 valence electrons. The first-order valence-corrected chi connectivity index (χ1v) is 10.9. The van der Waals surface area contributed by atoms with Crippen molar-refractivity contribution in [2.75, 3.05) is 24.7 Å². The van der Waals surface area contributed by atoms with Gasteiger partial charge in [0, 0.05) is 9.79 Å². The zero-order valence-corrected chi connectivity index (χ0v) is 18.0. The minimum Gasteiger partial charge on any atom is -0.492 e. The molecular weight excluding hydrogens is 410 g/mol. The number of aliphatic carboxylic acids is 1. The van der Waals surface area contributed by atoms with Crippen molar-refractivity contribution >= 4 is 35.2 Å². The van der Waals surface area contributed by atoms with Gasteiger partial charge in [-0.05, 0) is 55.0 Å². The molecule has 31 heavy (non-hydrogen) atoms. The molecule has 0 aliphatic carbocycles. The molecule has 0 atom stereocenters. The first-order valence-electron chi connectivity index (χ1n) is 10.1. The van der Waals surface area contributed by atoms with E-state index in [1.54, 1.807) is 18.7 Å². The second kappa shape index (κ2) is 9.62. The lowest BCUT2D eigenvalue weighted by Gasteiger charge is -2.32. The van der Waals surface area contributed by atoms with Crippen LogP contribution in [-0.4, -0.2) is 30.8 Å². The molecule has 0 saturated heterocycles. The van der Waals surface area contributed by atoms with Crippen LogP contribution in [0, 0.1) is 0 Å². The maximum Gasteiger partial charge on any atom is 0.371 e. The maximum atomic E-state index is 11.2. The number of carbonyl (C=O) groups is 1. The Labute approximate surface area is 185 Å². The lowest BCUT2D eigenvalue weighted by Crippen LogP contribution is -2.26. The Morgan fingerprint density at radius 2 is 1.58 bits per heavy atom. The quantitative estimate of drug-likeness (QED) is 0.356. The lowest BCUT2D eigenvalue weighted by atomic mass is 10.2. The summed E-state index contributed by atoms with van der Waals surface area (Å²) in [5.74, 6) is -0.419. The smallest absolute Gasteiger partial charge is 0.371 e. The molecule has 3 aromatic carbocycles. The fourth-order valence-corrected chi connectivity index (χ4v) is 4.50. The van der Waals surface area contributed by atoms with E-state index in [1.807, 2.05) is 24.3 Å². The number of rotatable bonds is 8. The maximum absolute atomic E-state index is 11.2. The fourth-order valence-electron chi connectivity index (χ4n) is 3.41. The highest BCUT2D eigenvalue weighted by Crippen LogP contribution is 2.47. The van der Waals surface area contributed by atoms with E-state index in [0.717, 1.165) is 11.3 Å². The van der Waals surface area contributed by atoms with Crippen LogP contribution < -0.4 is 9.64 Å². The van der Waals surface area contributed by atoms with Gasteiger partial charge >= 0.3 is 5.97 Å². The summed E-state index contributed by atoms with van der Waals surface area (Å²) in [4.78, 5) is 16.0. The molecule has 0 amide bonds. The van der Waals surface area contributed by atoms with Gasteiger partial charge in [-0.2, -0.15) is 0 Å². The van der Waals surface area contributed by atoms with E-state index < -0.39 is 5.97 Å².